The summed E-state index contributed by atoms with van der Waals surface area (Å²) in [4.78, 5) is 30.3. The van der Waals surface area contributed by atoms with Crippen molar-refractivity contribution < 1.29 is 9.72 Å². The molecule has 3 aromatic carbocycles. The van der Waals surface area contributed by atoms with Gasteiger partial charge >= 0.3 is 0 Å². The van der Waals surface area contributed by atoms with Crippen molar-refractivity contribution >= 4 is 44.0 Å². The lowest BCUT2D eigenvalue weighted by Gasteiger charge is -2.21. The second kappa shape index (κ2) is 8.04. The number of anilines is 2. The van der Waals surface area contributed by atoms with Gasteiger partial charge in [-0.15, -0.1) is 0 Å². The first-order chi connectivity index (χ1) is 14.4. The lowest BCUT2D eigenvalue weighted by Crippen LogP contribution is -2.26. The smallest absolute Gasteiger partial charge is 0.268 e. The van der Waals surface area contributed by atoms with Crippen LogP contribution < -0.4 is 4.90 Å². The molecule has 1 heterocycles. The van der Waals surface area contributed by atoms with Crippen LogP contribution in [-0.2, 0) is 0 Å². The van der Waals surface area contributed by atoms with Gasteiger partial charge < -0.3 is 0 Å². The highest BCUT2D eigenvalue weighted by Gasteiger charge is 2.24. The number of carbonyl (C=O) groups excluding carboxylic acids is 1. The standard InChI is InChI=1S/C23H19N3O3S/c1-15(2)16-10-12-18(13-11-16)25(23-24-20-8-3-4-9-21(20)30-23)22(27)17-6-5-7-19(14-17)26(28)29/h3-15H,1-2H3. The van der Waals surface area contributed by atoms with E-state index in [9.17, 15) is 14.9 Å². The van der Waals surface area contributed by atoms with Gasteiger partial charge in [0, 0.05) is 17.7 Å². The van der Waals surface area contributed by atoms with Crippen LogP contribution in [0.3, 0.4) is 0 Å². The topological polar surface area (TPSA) is 76.3 Å². The number of hydrogen-bond donors (Lipinski definition) is 0. The van der Waals surface area contributed by atoms with Crippen LogP contribution in [0.1, 0.15) is 35.7 Å². The molecule has 150 valence electrons. The fourth-order valence-electron chi connectivity index (χ4n) is 3.16. The molecule has 0 unspecified atom stereocenters. The molecule has 30 heavy (non-hydrogen) atoms. The molecule has 0 atom stereocenters. The Morgan fingerprint density at radius 3 is 2.43 bits per heavy atom. The van der Waals surface area contributed by atoms with Gasteiger partial charge in [-0.05, 0) is 41.8 Å². The van der Waals surface area contributed by atoms with E-state index < -0.39 is 4.92 Å². The van der Waals surface area contributed by atoms with Crippen LogP contribution in [0.15, 0.2) is 72.8 Å². The maximum absolute atomic E-state index is 13.5. The second-order valence-corrected chi connectivity index (χ2v) is 8.17. The molecule has 0 radical (unpaired) electrons. The predicted molar refractivity (Wildman–Crippen MR) is 120 cm³/mol. The Kier molecular flexibility index (Phi) is 5.29. The number of aromatic nitrogens is 1. The van der Waals surface area contributed by atoms with Crippen LogP contribution in [0.5, 0.6) is 0 Å². The van der Waals surface area contributed by atoms with Crippen molar-refractivity contribution in [2.24, 2.45) is 0 Å². The van der Waals surface area contributed by atoms with E-state index in [0.717, 1.165) is 15.8 Å². The molecule has 0 aliphatic carbocycles. The van der Waals surface area contributed by atoms with Gasteiger partial charge in [-0.3, -0.25) is 19.8 Å². The van der Waals surface area contributed by atoms with Crippen LogP contribution in [-0.4, -0.2) is 15.8 Å². The Bertz CT molecular complexity index is 1200. The highest BCUT2D eigenvalue weighted by Crippen LogP contribution is 2.35. The average molecular weight is 417 g/mol. The van der Waals surface area contributed by atoms with Gasteiger partial charge in [0.15, 0.2) is 5.13 Å². The van der Waals surface area contributed by atoms with Gasteiger partial charge in [0.25, 0.3) is 11.6 Å². The molecule has 0 aliphatic heterocycles. The van der Waals surface area contributed by atoms with E-state index in [2.05, 4.69) is 18.8 Å². The SMILES string of the molecule is CC(C)c1ccc(N(C(=O)c2cccc([N+](=O)[O-])c2)c2nc3ccccc3s2)cc1. The Hall–Kier alpha value is -3.58. The number of nitrogens with zero attached hydrogens (tertiary/aromatic N) is 3. The van der Waals surface area contributed by atoms with E-state index in [1.807, 2.05) is 48.5 Å². The Morgan fingerprint density at radius 1 is 1.03 bits per heavy atom. The van der Waals surface area contributed by atoms with Gasteiger partial charge in [0.2, 0.25) is 0 Å². The van der Waals surface area contributed by atoms with Crippen molar-refractivity contribution in [1.82, 2.24) is 4.98 Å². The van der Waals surface area contributed by atoms with Crippen molar-refractivity contribution in [2.45, 2.75) is 19.8 Å². The quantitative estimate of drug-likeness (QED) is 0.282. The first-order valence-electron chi connectivity index (χ1n) is 9.48. The molecule has 0 saturated carbocycles. The van der Waals surface area contributed by atoms with Crippen LogP contribution in [0.2, 0.25) is 0 Å². The van der Waals surface area contributed by atoms with E-state index >= 15 is 0 Å². The summed E-state index contributed by atoms with van der Waals surface area (Å²) in [5.74, 6) is -0.00233. The summed E-state index contributed by atoms with van der Waals surface area (Å²) in [7, 11) is 0. The number of amides is 1. The fraction of sp³-hybridized carbons (Fsp3) is 0.130. The number of non-ortho nitro benzene ring substituents is 1. The van der Waals surface area contributed by atoms with Crippen molar-refractivity contribution in [2.75, 3.05) is 4.90 Å². The lowest BCUT2D eigenvalue weighted by atomic mass is 10.0. The molecule has 0 N–H and O–H groups in total. The lowest BCUT2D eigenvalue weighted by molar-refractivity contribution is -0.384. The summed E-state index contributed by atoms with van der Waals surface area (Å²) in [6.45, 7) is 4.21. The third-order valence-corrected chi connectivity index (χ3v) is 5.82. The molecule has 4 rings (SSSR count). The minimum absolute atomic E-state index is 0.125. The Balaban J connectivity index is 1.83. The molecule has 0 fully saturated rings. The number of carbonyl (C=O) groups is 1. The van der Waals surface area contributed by atoms with Crippen LogP contribution in [0, 0.1) is 10.1 Å². The number of hydrogen-bond acceptors (Lipinski definition) is 5. The van der Waals surface area contributed by atoms with E-state index in [1.165, 1.54) is 34.4 Å². The number of fused-ring (bicyclic) bond motifs is 1. The van der Waals surface area contributed by atoms with Gasteiger partial charge in [0.1, 0.15) is 0 Å². The Morgan fingerprint density at radius 2 is 1.77 bits per heavy atom. The summed E-state index contributed by atoms with van der Waals surface area (Å²) in [6.07, 6.45) is 0. The number of nitro groups is 1. The molecule has 1 amide bonds. The van der Waals surface area contributed by atoms with Gasteiger partial charge in [-0.2, -0.15) is 0 Å². The van der Waals surface area contributed by atoms with E-state index in [0.29, 0.717) is 16.7 Å². The minimum Gasteiger partial charge on any atom is -0.268 e. The molecule has 7 heteroatoms. The molecular formula is C23H19N3O3S. The van der Waals surface area contributed by atoms with Gasteiger partial charge in [-0.1, -0.05) is 55.5 Å². The zero-order chi connectivity index (χ0) is 21.3. The highest BCUT2D eigenvalue weighted by molar-refractivity contribution is 7.22. The van der Waals surface area contributed by atoms with Crippen LogP contribution in [0.25, 0.3) is 10.2 Å². The van der Waals surface area contributed by atoms with Crippen LogP contribution in [0.4, 0.5) is 16.5 Å². The van der Waals surface area contributed by atoms with Crippen LogP contribution >= 0.6 is 11.3 Å². The molecular weight excluding hydrogens is 398 g/mol. The van der Waals surface area contributed by atoms with Crippen molar-refractivity contribution in [1.29, 1.82) is 0 Å². The van der Waals surface area contributed by atoms with Gasteiger partial charge in [-0.25, -0.2) is 4.98 Å². The zero-order valence-electron chi connectivity index (χ0n) is 16.5. The third-order valence-electron chi connectivity index (χ3n) is 4.80. The van der Waals surface area contributed by atoms with E-state index in [4.69, 9.17) is 0 Å². The number of nitro benzene ring substituents is 1. The molecule has 4 aromatic rings. The highest BCUT2D eigenvalue weighted by atomic mass is 32.1. The van der Waals surface area contributed by atoms with E-state index in [-0.39, 0.29) is 17.2 Å². The van der Waals surface area contributed by atoms with Crippen molar-refractivity contribution in [3.8, 4) is 0 Å². The second-order valence-electron chi connectivity index (χ2n) is 7.16. The predicted octanol–water partition coefficient (Wildman–Crippen LogP) is 6.31. The normalized spacial score (nSPS) is 11.0. The van der Waals surface area contributed by atoms with E-state index in [1.54, 1.807) is 6.07 Å². The molecule has 0 saturated heterocycles. The summed E-state index contributed by atoms with van der Waals surface area (Å²) in [6, 6.07) is 21.2. The zero-order valence-corrected chi connectivity index (χ0v) is 17.3. The summed E-state index contributed by atoms with van der Waals surface area (Å²) >= 11 is 1.40. The monoisotopic (exact) mass is 417 g/mol. The Labute approximate surface area is 177 Å². The maximum Gasteiger partial charge on any atom is 0.270 e. The first-order valence-corrected chi connectivity index (χ1v) is 10.3. The maximum atomic E-state index is 13.5. The molecule has 1 aromatic heterocycles. The molecule has 0 bridgehead atoms. The number of rotatable bonds is 5. The third kappa shape index (κ3) is 3.79. The molecule has 0 spiro atoms. The summed E-state index contributed by atoms with van der Waals surface area (Å²) < 4.78 is 0.961. The molecule has 6 nitrogen and oxygen atoms in total. The number of benzene rings is 3. The largest absolute Gasteiger partial charge is 0.270 e. The van der Waals surface area contributed by atoms with Gasteiger partial charge in [0.05, 0.1) is 20.8 Å². The van der Waals surface area contributed by atoms with Crippen molar-refractivity contribution in [3.63, 3.8) is 0 Å². The number of thiazole rings is 1. The fourth-order valence-corrected chi connectivity index (χ4v) is 4.15. The molecule has 0 aliphatic rings. The first kappa shape index (κ1) is 19.7. The average Bonchev–Trinajstić information content (AvgIpc) is 3.18. The summed E-state index contributed by atoms with van der Waals surface area (Å²) in [5, 5.41) is 11.7. The minimum atomic E-state index is -0.504. The van der Waals surface area contributed by atoms with Crippen molar-refractivity contribution in [3.05, 3.63) is 94.0 Å². The summed E-state index contributed by atoms with van der Waals surface area (Å²) in [5.41, 5.74) is 2.73. The number of para-hydroxylation sites is 1.